The molecule has 1 unspecified atom stereocenters. The zero-order chi connectivity index (χ0) is 27.9. The number of rotatable bonds is 11. The molecule has 2 aromatic heterocycles. The SMILES string of the molecule is CNc1ncnc(OCC2CCN(C(CNC(=O)c3c(F)cccc3Cl)c3scnc3C(F)F)CC2)c1C=N. The van der Waals surface area contributed by atoms with Crippen molar-refractivity contribution >= 4 is 40.9 Å². The standard InChI is InChI=1S/C25H27ClF3N7O2S/c1-31-23-15(9-30)25(34-12-33-23)38-11-14-5-7-36(8-6-14)18(21-20(22(28)29)35-13-39-21)10-32-24(37)19-16(26)3-2-4-17(19)27/h2-4,9,12-14,18,22,30H,5-8,10-11H2,1H3,(H,32,37)(H,31,33,34). The lowest BCUT2D eigenvalue weighted by Crippen LogP contribution is -2.43. The van der Waals surface area contributed by atoms with Crippen LogP contribution in [0.5, 0.6) is 5.88 Å². The first-order valence-electron chi connectivity index (χ1n) is 12.2. The molecule has 1 aromatic carbocycles. The number of carbonyl (C=O) groups is 1. The fourth-order valence-electron chi connectivity index (χ4n) is 4.51. The van der Waals surface area contributed by atoms with Crippen LogP contribution in [-0.2, 0) is 0 Å². The van der Waals surface area contributed by atoms with Gasteiger partial charge >= 0.3 is 0 Å². The number of alkyl halides is 2. The van der Waals surface area contributed by atoms with Gasteiger partial charge in [0.2, 0.25) is 5.88 Å². The minimum Gasteiger partial charge on any atom is -0.477 e. The van der Waals surface area contributed by atoms with E-state index in [-0.39, 0.29) is 28.7 Å². The first-order valence-corrected chi connectivity index (χ1v) is 13.4. The molecule has 3 aromatic rings. The third kappa shape index (κ3) is 6.65. The van der Waals surface area contributed by atoms with Gasteiger partial charge in [-0.25, -0.2) is 28.1 Å². The van der Waals surface area contributed by atoms with Crippen LogP contribution in [0, 0.1) is 17.1 Å². The molecule has 9 nitrogen and oxygen atoms in total. The summed E-state index contributed by atoms with van der Waals surface area (Å²) in [6.45, 7) is 1.45. The number of nitrogens with zero attached hydrogens (tertiary/aromatic N) is 4. The molecule has 39 heavy (non-hydrogen) atoms. The van der Waals surface area contributed by atoms with Crippen LogP contribution in [0.1, 0.15) is 51.8 Å². The van der Waals surface area contributed by atoms with Crippen LogP contribution in [0.25, 0.3) is 0 Å². The molecule has 3 heterocycles. The minimum atomic E-state index is -2.77. The Morgan fingerprint density at radius 1 is 1.31 bits per heavy atom. The minimum absolute atomic E-state index is 0.0248. The second-order valence-corrected chi connectivity index (χ2v) is 10.1. The maximum atomic E-state index is 14.3. The van der Waals surface area contributed by atoms with Crippen LogP contribution < -0.4 is 15.4 Å². The van der Waals surface area contributed by atoms with Crippen LogP contribution in [-0.4, -0.2) is 65.3 Å². The Morgan fingerprint density at radius 2 is 2.08 bits per heavy atom. The molecule has 1 aliphatic heterocycles. The lowest BCUT2D eigenvalue weighted by Gasteiger charge is -2.37. The number of amides is 1. The molecule has 0 aliphatic carbocycles. The van der Waals surface area contributed by atoms with Gasteiger partial charge in [0.15, 0.2) is 0 Å². The van der Waals surface area contributed by atoms with Gasteiger partial charge in [-0.05, 0) is 44.0 Å². The Bertz CT molecular complexity index is 1280. The van der Waals surface area contributed by atoms with Crippen molar-refractivity contribution in [3.05, 3.63) is 62.6 Å². The zero-order valence-electron chi connectivity index (χ0n) is 21.0. The number of ether oxygens (including phenoxy) is 1. The van der Waals surface area contributed by atoms with E-state index in [2.05, 4.69) is 25.6 Å². The predicted molar refractivity (Wildman–Crippen MR) is 143 cm³/mol. The molecule has 0 spiro atoms. The first kappa shape index (κ1) is 28.7. The quantitative estimate of drug-likeness (QED) is 0.274. The summed E-state index contributed by atoms with van der Waals surface area (Å²) >= 11 is 7.13. The van der Waals surface area contributed by atoms with Crippen molar-refractivity contribution in [2.75, 3.05) is 38.6 Å². The Kier molecular flexibility index (Phi) is 9.70. The summed E-state index contributed by atoms with van der Waals surface area (Å²) in [6.07, 6.45) is 1.13. The summed E-state index contributed by atoms with van der Waals surface area (Å²) in [5, 5.41) is 13.2. The smallest absolute Gasteiger partial charge is 0.281 e. The molecule has 1 amide bonds. The highest BCUT2D eigenvalue weighted by molar-refractivity contribution is 7.09. The van der Waals surface area contributed by atoms with E-state index in [0.717, 1.165) is 23.6 Å². The van der Waals surface area contributed by atoms with Gasteiger partial charge in [0.25, 0.3) is 12.3 Å². The Hall–Kier alpha value is -3.29. The number of carbonyl (C=O) groups excluding carboxylic acids is 1. The highest BCUT2D eigenvalue weighted by atomic mass is 35.5. The summed E-state index contributed by atoms with van der Waals surface area (Å²) in [5.41, 5.74) is 1.20. The Morgan fingerprint density at radius 3 is 2.74 bits per heavy atom. The third-order valence-corrected chi connectivity index (χ3v) is 7.81. The molecule has 1 saturated heterocycles. The maximum absolute atomic E-state index is 14.3. The molecule has 208 valence electrons. The van der Waals surface area contributed by atoms with Crippen molar-refractivity contribution in [3.63, 3.8) is 0 Å². The lowest BCUT2D eigenvalue weighted by molar-refractivity contribution is 0.0867. The summed E-state index contributed by atoms with van der Waals surface area (Å²) in [5.74, 6) is -0.519. The van der Waals surface area contributed by atoms with Gasteiger partial charge in [-0.15, -0.1) is 11.3 Å². The van der Waals surface area contributed by atoms with Crippen molar-refractivity contribution in [2.45, 2.75) is 25.3 Å². The number of hydrogen-bond donors (Lipinski definition) is 3. The highest BCUT2D eigenvalue weighted by Crippen LogP contribution is 2.35. The van der Waals surface area contributed by atoms with Crippen LogP contribution in [0.3, 0.4) is 0 Å². The number of aromatic nitrogens is 3. The van der Waals surface area contributed by atoms with Gasteiger partial charge in [0, 0.05) is 19.8 Å². The van der Waals surface area contributed by atoms with Crippen molar-refractivity contribution < 1.29 is 22.7 Å². The normalized spacial score (nSPS) is 15.2. The van der Waals surface area contributed by atoms with E-state index in [9.17, 15) is 18.0 Å². The number of piperidine rings is 1. The number of hydrogen-bond acceptors (Lipinski definition) is 9. The third-order valence-electron chi connectivity index (χ3n) is 6.55. The number of anilines is 1. The number of nitrogens with one attached hydrogen (secondary N) is 3. The van der Waals surface area contributed by atoms with Crippen molar-refractivity contribution in [1.29, 1.82) is 5.41 Å². The summed E-state index contributed by atoms with van der Waals surface area (Å²) in [4.78, 5) is 27.2. The van der Waals surface area contributed by atoms with E-state index < -0.39 is 24.2 Å². The van der Waals surface area contributed by atoms with Crippen molar-refractivity contribution in [1.82, 2.24) is 25.2 Å². The van der Waals surface area contributed by atoms with E-state index in [1.165, 1.54) is 24.0 Å². The molecule has 4 rings (SSSR count). The van der Waals surface area contributed by atoms with E-state index in [0.29, 0.717) is 54.7 Å². The van der Waals surface area contributed by atoms with Gasteiger partial charge < -0.3 is 20.8 Å². The molecule has 1 aliphatic rings. The van der Waals surface area contributed by atoms with Gasteiger partial charge in [-0.2, -0.15) is 0 Å². The highest BCUT2D eigenvalue weighted by Gasteiger charge is 2.32. The average molecular weight is 582 g/mol. The van der Waals surface area contributed by atoms with Gasteiger partial charge in [0.1, 0.15) is 23.7 Å². The van der Waals surface area contributed by atoms with Gasteiger partial charge in [-0.3, -0.25) is 9.69 Å². The fourth-order valence-corrected chi connectivity index (χ4v) is 5.69. The number of likely N-dealkylation sites (tertiary alicyclic amines) is 1. The second-order valence-electron chi connectivity index (χ2n) is 8.85. The topological polar surface area (TPSA) is 116 Å². The maximum Gasteiger partial charge on any atom is 0.281 e. The molecule has 1 fully saturated rings. The van der Waals surface area contributed by atoms with Crippen LogP contribution in [0.2, 0.25) is 5.02 Å². The summed E-state index contributed by atoms with van der Waals surface area (Å²) in [7, 11) is 1.70. The predicted octanol–water partition coefficient (Wildman–Crippen LogP) is 4.96. The van der Waals surface area contributed by atoms with E-state index in [1.54, 1.807) is 7.05 Å². The second kappa shape index (κ2) is 13.2. The molecule has 0 radical (unpaired) electrons. The number of benzene rings is 1. The van der Waals surface area contributed by atoms with Gasteiger partial charge in [0.05, 0.1) is 39.2 Å². The summed E-state index contributed by atoms with van der Waals surface area (Å²) in [6, 6.07) is 3.36. The lowest BCUT2D eigenvalue weighted by atomic mass is 9.96. The van der Waals surface area contributed by atoms with E-state index >= 15 is 0 Å². The van der Waals surface area contributed by atoms with Crippen molar-refractivity contribution in [3.8, 4) is 5.88 Å². The zero-order valence-corrected chi connectivity index (χ0v) is 22.5. The Labute approximate surface area is 232 Å². The van der Waals surface area contributed by atoms with Crippen LogP contribution in [0.15, 0.2) is 30.0 Å². The molecule has 0 saturated carbocycles. The van der Waals surface area contributed by atoms with Crippen molar-refractivity contribution in [2.24, 2.45) is 5.92 Å². The molecule has 14 heteroatoms. The van der Waals surface area contributed by atoms with Crippen LogP contribution in [0.4, 0.5) is 19.0 Å². The average Bonchev–Trinajstić information content (AvgIpc) is 3.42. The Balaban J connectivity index is 1.44. The molecule has 1 atom stereocenters. The molecular weight excluding hydrogens is 555 g/mol. The molecule has 3 N–H and O–H groups in total. The van der Waals surface area contributed by atoms with Crippen LogP contribution >= 0.6 is 22.9 Å². The molecular formula is C25H27ClF3N7O2S. The monoisotopic (exact) mass is 581 g/mol. The number of halogens is 4. The van der Waals surface area contributed by atoms with E-state index in [1.807, 2.05) is 4.90 Å². The molecule has 0 bridgehead atoms. The number of thiazole rings is 1. The van der Waals surface area contributed by atoms with Gasteiger partial charge in [-0.1, -0.05) is 17.7 Å². The largest absolute Gasteiger partial charge is 0.477 e. The summed E-state index contributed by atoms with van der Waals surface area (Å²) < 4.78 is 47.6. The fraction of sp³-hybridized carbons (Fsp3) is 0.400. The first-order chi connectivity index (χ1) is 18.8. The van der Waals surface area contributed by atoms with E-state index in [4.69, 9.17) is 21.7 Å².